The Morgan fingerprint density at radius 2 is 1.91 bits per heavy atom. The lowest BCUT2D eigenvalue weighted by Gasteiger charge is -2.36. The summed E-state index contributed by atoms with van der Waals surface area (Å²) in [5.74, 6) is -1.34. The zero-order chi connectivity index (χ0) is 16.9. The van der Waals surface area contributed by atoms with E-state index in [9.17, 15) is 14.7 Å². The molecule has 1 rings (SSSR count). The minimum Gasteiger partial charge on any atom is -0.480 e. The summed E-state index contributed by atoms with van der Waals surface area (Å²) in [7, 11) is 1.97. The van der Waals surface area contributed by atoms with Crippen LogP contribution in [-0.2, 0) is 16.1 Å². The molecular weight excluding hydrogens is 371 g/mol. The summed E-state index contributed by atoms with van der Waals surface area (Å²) >= 11 is 17.6. The van der Waals surface area contributed by atoms with Crippen LogP contribution in [0.4, 0.5) is 4.79 Å². The van der Waals surface area contributed by atoms with E-state index in [0.717, 1.165) is 5.56 Å². The molecule has 0 aliphatic heterocycles. The first-order chi connectivity index (χ1) is 10.1. The maximum Gasteiger partial charge on any atom is 0.413 e. The van der Waals surface area contributed by atoms with E-state index in [0.29, 0.717) is 4.90 Å². The van der Waals surface area contributed by atoms with Gasteiger partial charge in [0.1, 0.15) is 6.61 Å². The quantitative estimate of drug-likeness (QED) is 0.460. The van der Waals surface area contributed by atoms with Gasteiger partial charge >= 0.3 is 12.1 Å². The number of carboxylic acids is 1. The molecular formula is C13H15Cl3NO4P. The first-order valence-corrected chi connectivity index (χ1v) is 7.95. The van der Waals surface area contributed by atoms with Gasteiger partial charge in [-0.15, -0.1) is 11.6 Å². The number of aliphatic carboxylic acids is 1. The van der Waals surface area contributed by atoms with E-state index in [-0.39, 0.29) is 6.61 Å². The van der Waals surface area contributed by atoms with Crippen molar-refractivity contribution >= 4 is 56.1 Å². The fourth-order valence-electron chi connectivity index (χ4n) is 1.72. The fraction of sp³-hybridized carbons (Fsp3) is 0.385. The molecule has 0 heterocycles. The lowest BCUT2D eigenvalue weighted by Crippen LogP contribution is -2.54. The Morgan fingerprint density at radius 1 is 1.36 bits per heavy atom. The van der Waals surface area contributed by atoms with E-state index >= 15 is 0 Å². The maximum atomic E-state index is 12.2. The van der Waals surface area contributed by atoms with Crippen molar-refractivity contribution < 1.29 is 19.4 Å². The van der Waals surface area contributed by atoms with Crippen LogP contribution in [0.2, 0.25) is 0 Å². The molecule has 0 spiro atoms. The Labute approximate surface area is 145 Å². The fourth-order valence-corrected chi connectivity index (χ4v) is 2.56. The van der Waals surface area contributed by atoms with E-state index < -0.39 is 27.7 Å². The molecule has 9 heteroatoms. The lowest BCUT2D eigenvalue weighted by atomic mass is 10.2. The smallest absolute Gasteiger partial charge is 0.413 e. The van der Waals surface area contributed by atoms with Gasteiger partial charge in [0.2, 0.25) is 4.20 Å². The zero-order valence-electron chi connectivity index (χ0n) is 11.6. The van der Waals surface area contributed by atoms with Crippen molar-refractivity contribution in [3.63, 3.8) is 0 Å². The highest BCUT2D eigenvalue weighted by molar-refractivity contribution is 7.27. The van der Waals surface area contributed by atoms with Crippen LogP contribution >= 0.6 is 44.0 Å². The Bertz CT molecular complexity index is 522. The van der Waals surface area contributed by atoms with Crippen molar-refractivity contribution in [2.24, 2.45) is 0 Å². The summed E-state index contributed by atoms with van der Waals surface area (Å²) < 4.78 is 3.21. The molecule has 0 fully saturated rings. The summed E-state index contributed by atoms with van der Waals surface area (Å²) in [5.41, 5.74) is 0.736. The summed E-state index contributed by atoms with van der Waals surface area (Å²) in [4.78, 5) is 24.2. The number of carbonyl (C=O) groups excluding carboxylic acids is 1. The molecule has 1 N–H and O–H groups in total. The molecule has 22 heavy (non-hydrogen) atoms. The lowest BCUT2D eigenvalue weighted by molar-refractivity contribution is -0.142. The first-order valence-electron chi connectivity index (χ1n) is 6.18. The molecule has 122 valence electrons. The molecule has 0 radical (unpaired) electrons. The molecule has 3 atom stereocenters. The largest absolute Gasteiger partial charge is 0.480 e. The van der Waals surface area contributed by atoms with Gasteiger partial charge in [0, 0.05) is 0 Å². The molecule has 3 unspecified atom stereocenters. The second-order valence-corrected chi connectivity index (χ2v) is 8.06. The number of amides is 1. The second kappa shape index (κ2) is 8.21. The van der Waals surface area contributed by atoms with Crippen LogP contribution in [0.3, 0.4) is 0 Å². The number of benzene rings is 1. The van der Waals surface area contributed by atoms with Crippen molar-refractivity contribution in [2.75, 3.05) is 0 Å². The Balaban J connectivity index is 2.92. The maximum absolute atomic E-state index is 12.2. The standard InChI is InChI=1S/C13H15Cl3NO4P/c1-8(14)10(11(18)19)17(13(15,16)22)12(20)21-7-9-5-3-2-4-6-9/h2-6,8,10H,7,22H2,1H3,(H,18,19). The van der Waals surface area contributed by atoms with Gasteiger partial charge in [0.25, 0.3) is 0 Å². The number of hydrogen-bond acceptors (Lipinski definition) is 3. The number of rotatable bonds is 6. The van der Waals surface area contributed by atoms with Gasteiger partial charge in [0.05, 0.1) is 5.38 Å². The number of alkyl halides is 3. The van der Waals surface area contributed by atoms with Crippen molar-refractivity contribution in [1.82, 2.24) is 4.90 Å². The van der Waals surface area contributed by atoms with Crippen LogP contribution in [0, 0.1) is 0 Å². The minimum absolute atomic E-state index is 0.0479. The molecule has 0 aliphatic carbocycles. The molecule has 0 aromatic heterocycles. The van der Waals surface area contributed by atoms with E-state index in [1.54, 1.807) is 24.3 Å². The van der Waals surface area contributed by atoms with Gasteiger partial charge in [-0.3, -0.25) is 4.90 Å². The minimum atomic E-state index is -1.88. The third-order valence-electron chi connectivity index (χ3n) is 2.69. The van der Waals surface area contributed by atoms with Gasteiger partial charge in [-0.2, -0.15) is 0 Å². The molecule has 0 saturated heterocycles. The summed E-state index contributed by atoms with van der Waals surface area (Å²) in [6.45, 7) is 1.37. The SMILES string of the molecule is CC(Cl)C(C(=O)O)N(C(=O)OCc1ccccc1)C(P)(Cl)Cl. The first kappa shape index (κ1) is 19.3. The van der Waals surface area contributed by atoms with E-state index in [2.05, 4.69) is 0 Å². The molecule has 0 saturated carbocycles. The van der Waals surface area contributed by atoms with Crippen LogP contribution in [0.15, 0.2) is 30.3 Å². The number of halogens is 3. The predicted molar refractivity (Wildman–Crippen MR) is 89.4 cm³/mol. The van der Waals surface area contributed by atoms with Gasteiger partial charge in [0.15, 0.2) is 6.04 Å². The summed E-state index contributed by atoms with van der Waals surface area (Å²) in [6, 6.07) is 7.45. The van der Waals surface area contributed by atoms with E-state index in [1.807, 2.05) is 15.3 Å². The summed E-state index contributed by atoms with van der Waals surface area (Å²) in [5, 5.41) is 8.32. The summed E-state index contributed by atoms with van der Waals surface area (Å²) in [6.07, 6.45) is -0.983. The van der Waals surface area contributed by atoms with E-state index in [4.69, 9.17) is 39.5 Å². The molecule has 5 nitrogen and oxygen atoms in total. The number of ether oxygens (including phenoxy) is 1. The third kappa shape index (κ3) is 5.47. The van der Waals surface area contributed by atoms with Crippen molar-refractivity contribution in [3.05, 3.63) is 35.9 Å². The highest BCUT2D eigenvalue weighted by atomic mass is 35.5. The molecule has 1 aromatic carbocycles. The topological polar surface area (TPSA) is 66.8 Å². The van der Waals surface area contributed by atoms with Gasteiger partial charge in [-0.1, -0.05) is 62.8 Å². The second-order valence-electron chi connectivity index (χ2n) is 4.46. The highest BCUT2D eigenvalue weighted by Gasteiger charge is 2.44. The van der Waals surface area contributed by atoms with Crippen LogP contribution in [-0.4, -0.2) is 37.7 Å². The predicted octanol–water partition coefficient (Wildman–Crippen LogP) is 3.67. The van der Waals surface area contributed by atoms with Crippen molar-refractivity contribution in [3.8, 4) is 0 Å². The third-order valence-corrected chi connectivity index (χ3v) is 3.57. The average Bonchev–Trinajstić information content (AvgIpc) is 2.41. The van der Waals surface area contributed by atoms with Crippen LogP contribution in [0.5, 0.6) is 0 Å². The zero-order valence-corrected chi connectivity index (χ0v) is 15.0. The molecule has 1 aromatic rings. The van der Waals surface area contributed by atoms with E-state index in [1.165, 1.54) is 6.92 Å². The van der Waals surface area contributed by atoms with Gasteiger partial charge in [-0.05, 0) is 12.5 Å². The number of nitrogens with zero attached hydrogens (tertiary/aromatic N) is 1. The highest BCUT2D eigenvalue weighted by Crippen LogP contribution is 2.37. The van der Waals surface area contributed by atoms with Gasteiger partial charge < -0.3 is 9.84 Å². The van der Waals surface area contributed by atoms with Crippen LogP contribution in [0.25, 0.3) is 0 Å². The monoisotopic (exact) mass is 385 g/mol. The number of carboxylic acid groups (broad SMARTS) is 1. The van der Waals surface area contributed by atoms with Crippen LogP contribution in [0.1, 0.15) is 12.5 Å². The Hall–Kier alpha value is -0.740. The van der Waals surface area contributed by atoms with Gasteiger partial charge in [-0.25, -0.2) is 9.59 Å². The van der Waals surface area contributed by atoms with Crippen LogP contribution < -0.4 is 0 Å². The van der Waals surface area contributed by atoms with Crippen molar-refractivity contribution in [2.45, 2.75) is 29.1 Å². The molecule has 1 amide bonds. The van der Waals surface area contributed by atoms with Crippen molar-refractivity contribution in [1.29, 1.82) is 0 Å². The number of hydrogen-bond donors (Lipinski definition) is 1. The average molecular weight is 387 g/mol. The number of carbonyl (C=O) groups is 2. The normalized spacial score (nSPS) is 14.0. The Morgan fingerprint density at radius 3 is 2.32 bits per heavy atom. The molecule has 0 bridgehead atoms. The molecule has 0 aliphatic rings. The Kier molecular flexibility index (Phi) is 7.20.